The first kappa shape index (κ1) is 19.6. The highest BCUT2D eigenvalue weighted by Crippen LogP contribution is 2.20. The molecule has 0 aliphatic heterocycles. The third kappa shape index (κ3) is 5.20. The molecule has 1 aliphatic rings. The van der Waals surface area contributed by atoms with Crippen LogP contribution >= 0.6 is 0 Å². The number of carbonyl (C=O) groups excluding carboxylic acids is 2. The Morgan fingerprint density at radius 3 is 2.33 bits per heavy atom. The Morgan fingerprint density at radius 2 is 1.67 bits per heavy atom. The molecular formula is C25H23N3O2. The van der Waals surface area contributed by atoms with Gasteiger partial charge in [-0.2, -0.15) is 0 Å². The Bertz CT molecular complexity index is 988. The quantitative estimate of drug-likeness (QED) is 0.594. The Labute approximate surface area is 175 Å². The number of nitrogens with zero attached hydrogens (tertiary/aromatic N) is 1. The molecule has 150 valence electrons. The van der Waals surface area contributed by atoms with E-state index in [1.54, 1.807) is 24.4 Å². The van der Waals surface area contributed by atoms with E-state index in [-0.39, 0.29) is 17.9 Å². The van der Waals surface area contributed by atoms with Gasteiger partial charge in [-0.05, 0) is 54.3 Å². The summed E-state index contributed by atoms with van der Waals surface area (Å²) >= 11 is 0. The van der Waals surface area contributed by atoms with Crippen LogP contribution in [0, 0.1) is 0 Å². The van der Waals surface area contributed by atoms with E-state index in [2.05, 4.69) is 15.6 Å². The second-order valence-electron chi connectivity index (χ2n) is 7.31. The smallest absolute Gasteiger partial charge is 0.251 e. The standard InChI is InChI=1S/C25H23N3O2/c29-23(16-11-18-9-12-20(13-10-18)25(30)27-21-14-15-21)28-24(19-6-2-1-3-7-19)22-8-4-5-17-26-22/h1-13,16-17,21,24H,14-15H2,(H,27,30)(H,28,29)/b16-11+. The second kappa shape index (κ2) is 9.18. The Kier molecular flexibility index (Phi) is 5.99. The van der Waals surface area contributed by atoms with Gasteiger partial charge in [0.15, 0.2) is 0 Å². The van der Waals surface area contributed by atoms with Gasteiger partial charge in [0, 0.05) is 23.9 Å². The van der Waals surface area contributed by atoms with E-state index in [0.29, 0.717) is 11.6 Å². The van der Waals surface area contributed by atoms with Crippen molar-refractivity contribution in [2.75, 3.05) is 0 Å². The van der Waals surface area contributed by atoms with Gasteiger partial charge in [-0.1, -0.05) is 48.5 Å². The van der Waals surface area contributed by atoms with E-state index in [4.69, 9.17) is 0 Å². The largest absolute Gasteiger partial charge is 0.349 e. The number of carbonyl (C=O) groups is 2. The molecule has 1 aliphatic carbocycles. The van der Waals surface area contributed by atoms with Crippen molar-refractivity contribution in [1.29, 1.82) is 0 Å². The fourth-order valence-corrected chi connectivity index (χ4v) is 3.12. The summed E-state index contributed by atoms with van der Waals surface area (Å²) in [6, 6.07) is 22.6. The third-order valence-corrected chi connectivity index (χ3v) is 4.92. The van der Waals surface area contributed by atoms with Gasteiger partial charge in [-0.25, -0.2) is 0 Å². The number of amides is 2. The van der Waals surface area contributed by atoms with Crippen molar-refractivity contribution >= 4 is 17.9 Å². The zero-order valence-electron chi connectivity index (χ0n) is 16.5. The van der Waals surface area contributed by atoms with Crippen LogP contribution < -0.4 is 10.6 Å². The summed E-state index contributed by atoms with van der Waals surface area (Å²) in [5.74, 6) is -0.267. The molecule has 1 saturated carbocycles. The fraction of sp³-hybridized carbons (Fsp3) is 0.160. The molecule has 0 spiro atoms. The van der Waals surface area contributed by atoms with Gasteiger partial charge in [0.2, 0.25) is 5.91 Å². The zero-order chi connectivity index (χ0) is 20.8. The molecule has 2 aromatic carbocycles. The summed E-state index contributed by atoms with van der Waals surface area (Å²) < 4.78 is 0. The fourth-order valence-electron chi connectivity index (χ4n) is 3.12. The van der Waals surface area contributed by atoms with Gasteiger partial charge in [0.1, 0.15) is 0 Å². The van der Waals surface area contributed by atoms with Crippen molar-refractivity contribution in [1.82, 2.24) is 15.6 Å². The van der Waals surface area contributed by atoms with E-state index >= 15 is 0 Å². The van der Waals surface area contributed by atoms with Crippen molar-refractivity contribution in [2.24, 2.45) is 0 Å². The molecule has 0 saturated heterocycles. The topological polar surface area (TPSA) is 71.1 Å². The van der Waals surface area contributed by atoms with Gasteiger partial charge in [0.05, 0.1) is 11.7 Å². The number of benzene rings is 2. The Hall–Kier alpha value is -3.73. The molecule has 2 amide bonds. The highest BCUT2D eigenvalue weighted by Gasteiger charge is 2.23. The van der Waals surface area contributed by atoms with E-state index in [9.17, 15) is 9.59 Å². The monoisotopic (exact) mass is 397 g/mol. The minimum atomic E-state index is -0.335. The minimum absolute atomic E-state index is 0.0492. The van der Waals surface area contributed by atoms with Crippen LogP contribution in [0.2, 0.25) is 0 Å². The number of aromatic nitrogens is 1. The molecule has 1 unspecified atom stereocenters. The molecule has 5 heteroatoms. The van der Waals surface area contributed by atoms with Crippen LogP contribution in [-0.4, -0.2) is 22.8 Å². The molecule has 1 heterocycles. The first-order chi connectivity index (χ1) is 14.7. The highest BCUT2D eigenvalue weighted by molar-refractivity contribution is 5.95. The van der Waals surface area contributed by atoms with Crippen LogP contribution in [0.4, 0.5) is 0 Å². The van der Waals surface area contributed by atoms with Crippen molar-refractivity contribution < 1.29 is 9.59 Å². The molecule has 2 N–H and O–H groups in total. The average Bonchev–Trinajstić information content (AvgIpc) is 3.61. The van der Waals surface area contributed by atoms with E-state index in [1.807, 2.05) is 60.7 Å². The first-order valence-electron chi connectivity index (χ1n) is 10.0. The molecule has 1 aromatic heterocycles. The molecule has 1 atom stereocenters. The highest BCUT2D eigenvalue weighted by atomic mass is 16.2. The number of hydrogen-bond acceptors (Lipinski definition) is 3. The van der Waals surface area contributed by atoms with Gasteiger partial charge in [-0.3, -0.25) is 14.6 Å². The molecule has 1 fully saturated rings. The predicted molar refractivity (Wildman–Crippen MR) is 117 cm³/mol. The van der Waals surface area contributed by atoms with E-state index in [1.165, 1.54) is 6.08 Å². The normalized spacial score (nSPS) is 14.3. The lowest BCUT2D eigenvalue weighted by atomic mass is 10.0. The van der Waals surface area contributed by atoms with E-state index < -0.39 is 0 Å². The summed E-state index contributed by atoms with van der Waals surface area (Å²) in [4.78, 5) is 29.1. The number of pyridine rings is 1. The first-order valence-corrected chi connectivity index (χ1v) is 10.0. The van der Waals surface area contributed by atoms with Crippen LogP contribution in [0.5, 0.6) is 0 Å². The van der Waals surface area contributed by atoms with Crippen LogP contribution in [0.1, 0.15) is 46.1 Å². The molecule has 0 bridgehead atoms. The van der Waals surface area contributed by atoms with E-state index in [0.717, 1.165) is 29.7 Å². The summed E-state index contributed by atoms with van der Waals surface area (Å²) in [5, 5.41) is 5.99. The lowest BCUT2D eigenvalue weighted by Crippen LogP contribution is -2.28. The summed E-state index contributed by atoms with van der Waals surface area (Å²) in [5.41, 5.74) is 3.21. The van der Waals surface area contributed by atoms with Gasteiger partial charge in [0.25, 0.3) is 5.91 Å². The summed E-state index contributed by atoms with van der Waals surface area (Å²) in [7, 11) is 0. The van der Waals surface area contributed by atoms with Crippen LogP contribution in [0.25, 0.3) is 6.08 Å². The SMILES string of the molecule is O=C(/C=C/c1ccc(C(=O)NC2CC2)cc1)NC(c1ccccc1)c1ccccn1. The lowest BCUT2D eigenvalue weighted by molar-refractivity contribution is -0.116. The summed E-state index contributed by atoms with van der Waals surface area (Å²) in [6.07, 6.45) is 7.07. The second-order valence-corrected chi connectivity index (χ2v) is 7.31. The number of rotatable bonds is 7. The Morgan fingerprint density at radius 1 is 0.933 bits per heavy atom. The van der Waals surface area contributed by atoms with Crippen molar-refractivity contribution in [3.63, 3.8) is 0 Å². The number of hydrogen-bond donors (Lipinski definition) is 2. The zero-order valence-corrected chi connectivity index (χ0v) is 16.5. The maximum Gasteiger partial charge on any atom is 0.251 e. The van der Waals surface area contributed by atoms with Gasteiger partial charge in [-0.15, -0.1) is 0 Å². The maximum atomic E-state index is 12.6. The minimum Gasteiger partial charge on any atom is -0.349 e. The predicted octanol–water partition coefficient (Wildman–Crippen LogP) is 3.89. The van der Waals surface area contributed by atoms with Crippen LogP contribution in [0.3, 0.4) is 0 Å². The molecule has 3 aromatic rings. The van der Waals surface area contributed by atoms with Crippen molar-refractivity contribution in [2.45, 2.75) is 24.9 Å². The molecule has 0 radical (unpaired) electrons. The summed E-state index contributed by atoms with van der Waals surface area (Å²) in [6.45, 7) is 0. The molecular weight excluding hydrogens is 374 g/mol. The molecule has 5 nitrogen and oxygen atoms in total. The van der Waals surface area contributed by atoms with Gasteiger partial charge < -0.3 is 10.6 Å². The maximum absolute atomic E-state index is 12.6. The Balaban J connectivity index is 1.43. The van der Waals surface area contributed by atoms with Crippen LogP contribution in [-0.2, 0) is 4.79 Å². The average molecular weight is 397 g/mol. The van der Waals surface area contributed by atoms with Crippen molar-refractivity contribution in [3.05, 3.63) is 107 Å². The lowest BCUT2D eigenvalue weighted by Gasteiger charge is -2.17. The van der Waals surface area contributed by atoms with Gasteiger partial charge >= 0.3 is 0 Å². The number of nitrogens with one attached hydrogen (secondary N) is 2. The molecule has 30 heavy (non-hydrogen) atoms. The van der Waals surface area contributed by atoms with Crippen molar-refractivity contribution in [3.8, 4) is 0 Å². The molecule has 4 rings (SSSR count). The third-order valence-electron chi connectivity index (χ3n) is 4.92. The van der Waals surface area contributed by atoms with Crippen LogP contribution in [0.15, 0.2) is 85.1 Å².